The van der Waals surface area contributed by atoms with E-state index in [4.69, 9.17) is 14.5 Å². The molecule has 3 amide bonds. The number of morpholine rings is 1. The van der Waals surface area contributed by atoms with Crippen molar-refractivity contribution in [3.63, 3.8) is 0 Å². The molecule has 0 unspecified atom stereocenters. The highest BCUT2D eigenvalue weighted by Gasteiger charge is 2.31. The molecule has 2 aliphatic heterocycles. The van der Waals surface area contributed by atoms with Crippen molar-refractivity contribution in [3.05, 3.63) is 47.5 Å². The van der Waals surface area contributed by atoms with Gasteiger partial charge >= 0.3 is 0 Å². The third-order valence-electron chi connectivity index (χ3n) is 6.75. The fourth-order valence-corrected chi connectivity index (χ4v) is 5.81. The molecule has 37 heavy (non-hydrogen) atoms. The predicted octanol–water partition coefficient (Wildman–Crippen LogP) is 3.64. The Bertz CT molecular complexity index is 1320. The predicted molar refractivity (Wildman–Crippen MR) is 143 cm³/mol. The highest BCUT2D eigenvalue weighted by molar-refractivity contribution is 7.22. The standard InChI is InChI=1S/C27H30N4O5S/c1-18-7-8-21(35-2)24-25(18)37-27(28-24)30(12-4-11-29-13-15-36-16-14-29)26(34)19-5-3-6-20(17-19)31-22(32)9-10-23(31)33/h3,5-8,17H,4,9-16H2,1-2H3. The molecule has 2 aromatic carbocycles. The fourth-order valence-electron chi connectivity index (χ4n) is 4.74. The zero-order valence-electron chi connectivity index (χ0n) is 21.1. The van der Waals surface area contributed by atoms with Crippen LogP contribution in [0.4, 0.5) is 10.8 Å². The van der Waals surface area contributed by atoms with Crippen LogP contribution in [0.25, 0.3) is 10.2 Å². The molecule has 0 spiro atoms. The SMILES string of the molecule is COc1ccc(C)c2sc(N(CCCN3CCOCC3)C(=O)c3cccc(N4C(=O)CCC4=O)c3)nc12. The van der Waals surface area contributed by atoms with Gasteiger partial charge in [-0.2, -0.15) is 0 Å². The summed E-state index contributed by atoms with van der Waals surface area (Å²) in [6.45, 7) is 6.54. The van der Waals surface area contributed by atoms with Crippen LogP contribution in [0.1, 0.15) is 35.2 Å². The van der Waals surface area contributed by atoms with Crippen LogP contribution in [0, 0.1) is 6.92 Å². The van der Waals surface area contributed by atoms with E-state index in [1.807, 2.05) is 19.1 Å². The lowest BCUT2D eigenvalue weighted by Gasteiger charge is -2.28. The first kappa shape index (κ1) is 25.3. The van der Waals surface area contributed by atoms with Gasteiger partial charge in [0.25, 0.3) is 5.91 Å². The quantitative estimate of drug-likeness (QED) is 0.417. The number of aryl methyl sites for hydroxylation is 1. The first-order valence-electron chi connectivity index (χ1n) is 12.5. The molecule has 2 saturated heterocycles. The molecule has 0 aliphatic carbocycles. The number of rotatable bonds is 8. The first-order chi connectivity index (χ1) is 18.0. The van der Waals surface area contributed by atoms with E-state index in [9.17, 15) is 14.4 Å². The molecule has 3 heterocycles. The molecule has 0 N–H and O–H groups in total. The van der Waals surface area contributed by atoms with Crippen molar-refractivity contribution >= 4 is 50.1 Å². The van der Waals surface area contributed by atoms with Crippen molar-refractivity contribution in [1.29, 1.82) is 0 Å². The maximum absolute atomic E-state index is 13.9. The molecule has 3 aromatic rings. The van der Waals surface area contributed by atoms with Crippen molar-refractivity contribution in [2.75, 3.05) is 56.3 Å². The van der Waals surface area contributed by atoms with Crippen LogP contribution in [0.15, 0.2) is 36.4 Å². The number of methoxy groups -OCH3 is 1. The van der Waals surface area contributed by atoms with Gasteiger partial charge in [-0.05, 0) is 43.2 Å². The van der Waals surface area contributed by atoms with E-state index in [0.717, 1.165) is 55.0 Å². The summed E-state index contributed by atoms with van der Waals surface area (Å²) in [4.78, 5) is 48.5. The normalized spacial score (nSPS) is 16.5. The van der Waals surface area contributed by atoms with Crippen LogP contribution in [0.2, 0.25) is 0 Å². The third-order valence-corrected chi connectivity index (χ3v) is 7.96. The zero-order chi connectivity index (χ0) is 25.9. The second kappa shape index (κ2) is 11.0. The summed E-state index contributed by atoms with van der Waals surface area (Å²) in [5.74, 6) is -0.0492. The Morgan fingerprint density at radius 1 is 1.14 bits per heavy atom. The lowest BCUT2D eigenvalue weighted by atomic mass is 10.1. The molecule has 10 heteroatoms. The number of fused-ring (bicyclic) bond motifs is 1. The van der Waals surface area contributed by atoms with Gasteiger partial charge in [-0.15, -0.1) is 0 Å². The monoisotopic (exact) mass is 522 g/mol. The molecule has 0 atom stereocenters. The smallest absolute Gasteiger partial charge is 0.260 e. The minimum Gasteiger partial charge on any atom is -0.494 e. The summed E-state index contributed by atoms with van der Waals surface area (Å²) in [5.41, 5.74) is 2.62. The molecule has 9 nitrogen and oxygen atoms in total. The highest BCUT2D eigenvalue weighted by atomic mass is 32.1. The minimum atomic E-state index is -0.245. The van der Waals surface area contributed by atoms with Crippen LogP contribution in [-0.4, -0.2) is 74.1 Å². The summed E-state index contributed by atoms with van der Waals surface area (Å²) in [7, 11) is 1.61. The molecule has 0 saturated carbocycles. The van der Waals surface area contributed by atoms with Crippen LogP contribution >= 0.6 is 11.3 Å². The Hall–Kier alpha value is -3.34. The van der Waals surface area contributed by atoms with Gasteiger partial charge in [-0.25, -0.2) is 4.98 Å². The van der Waals surface area contributed by atoms with Crippen LogP contribution in [0.5, 0.6) is 5.75 Å². The van der Waals surface area contributed by atoms with Crippen molar-refractivity contribution in [1.82, 2.24) is 9.88 Å². The van der Waals surface area contributed by atoms with E-state index < -0.39 is 0 Å². The van der Waals surface area contributed by atoms with Crippen LogP contribution in [-0.2, 0) is 14.3 Å². The molecular weight excluding hydrogens is 492 g/mol. The van der Waals surface area contributed by atoms with E-state index >= 15 is 0 Å². The number of carbonyl (C=O) groups excluding carboxylic acids is 3. The maximum Gasteiger partial charge on any atom is 0.260 e. The first-order valence-corrected chi connectivity index (χ1v) is 13.3. The molecule has 5 rings (SSSR count). The van der Waals surface area contributed by atoms with Gasteiger partial charge in [0.1, 0.15) is 11.3 Å². The average molecular weight is 523 g/mol. The second-order valence-corrected chi connectivity index (χ2v) is 10.2. The Morgan fingerprint density at radius 3 is 2.62 bits per heavy atom. The van der Waals surface area contributed by atoms with Gasteiger partial charge < -0.3 is 9.47 Å². The summed E-state index contributed by atoms with van der Waals surface area (Å²) in [5, 5.41) is 0.591. The zero-order valence-corrected chi connectivity index (χ0v) is 21.9. The van der Waals surface area contributed by atoms with Gasteiger partial charge in [0.15, 0.2) is 5.13 Å². The van der Waals surface area contributed by atoms with Gasteiger partial charge in [-0.1, -0.05) is 23.5 Å². The van der Waals surface area contributed by atoms with Crippen LogP contribution < -0.4 is 14.5 Å². The number of hydrogen-bond donors (Lipinski definition) is 0. The fraction of sp³-hybridized carbons (Fsp3) is 0.407. The Balaban J connectivity index is 1.46. The number of thiazole rings is 1. The molecular formula is C27H30N4O5S. The van der Waals surface area contributed by atoms with Crippen molar-refractivity contribution in [3.8, 4) is 5.75 Å². The van der Waals surface area contributed by atoms with Gasteiger partial charge in [0, 0.05) is 44.6 Å². The number of hydrogen-bond acceptors (Lipinski definition) is 8. The van der Waals surface area contributed by atoms with E-state index in [-0.39, 0.29) is 30.6 Å². The number of benzene rings is 2. The Labute approximate surface area is 219 Å². The number of ether oxygens (including phenoxy) is 2. The van der Waals surface area contributed by atoms with E-state index in [1.165, 1.54) is 16.2 Å². The number of carbonyl (C=O) groups is 3. The van der Waals surface area contributed by atoms with E-state index in [2.05, 4.69) is 4.90 Å². The number of anilines is 2. The third kappa shape index (κ3) is 5.22. The number of amides is 3. The summed E-state index contributed by atoms with van der Waals surface area (Å²) >= 11 is 1.46. The van der Waals surface area contributed by atoms with E-state index in [0.29, 0.717) is 28.7 Å². The second-order valence-electron chi connectivity index (χ2n) is 9.20. The highest BCUT2D eigenvalue weighted by Crippen LogP contribution is 2.37. The Morgan fingerprint density at radius 2 is 1.89 bits per heavy atom. The number of aromatic nitrogens is 1. The molecule has 2 fully saturated rings. The van der Waals surface area contributed by atoms with Gasteiger partial charge in [-0.3, -0.25) is 29.1 Å². The number of imide groups is 1. The maximum atomic E-state index is 13.9. The van der Waals surface area contributed by atoms with Crippen molar-refractivity contribution in [2.24, 2.45) is 0 Å². The Kier molecular flexibility index (Phi) is 7.50. The molecule has 2 aliphatic rings. The molecule has 0 radical (unpaired) electrons. The lowest BCUT2D eigenvalue weighted by molar-refractivity contribution is -0.121. The largest absolute Gasteiger partial charge is 0.494 e. The van der Waals surface area contributed by atoms with Crippen LogP contribution in [0.3, 0.4) is 0 Å². The molecule has 194 valence electrons. The summed E-state index contributed by atoms with van der Waals surface area (Å²) in [6, 6.07) is 10.6. The van der Waals surface area contributed by atoms with Gasteiger partial charge in [0.05, 0.1) is 30.7 Å². The van der Waals surface area contributed by atoms with E-state index in [1.54, 1.807) is 36.3 Å². The summed E-state index contributed by atoms with van der Waals surface area (Å²) in [6.07, 6.45) is 1.15. The molecule has 0 bridgehead atoms. The van der Waals surface area contributed by atoms with Gasteiger partial charge in [0.2, 0.25) is 11.8 Å². The topological polar surface area (TPSA) is 92.3 Å². The average Bonchev–Trinajstić information content (AvgIpc) is 3.51. The summed E-state index contributed by atoms with van der Waals surface area (Å²) < 4.78 is 12.0. The van der Waals surface area contributed by atoms with Crippen molar-refractivity contribution < 1.29 is 23.9 Å². The number of nitrogens with zero attached hydrogens (tertiary/aromatic N) is 4. The van der Waals surface area contributed by atoms with Crippen molar-refractivity contribution in [2.45, 2.75) is 26.2 Å². The molecule has 1 aromatic heterocycles. The lowest BCUT2D eigenvalue weighted by Crippen LogP contribution is -2.39. The minimum absolute atomic E-state index is 0.192.